The van der Waals surface area contributed by atoms with Gasteiger partial charge in [0, 0.05) is 28.4 Å². The molecule has 3 amide bonds. The number of anilines is 1. The molecule has 0 aliphatic carbocycles. The minimum atomic E-state index is -0.696. The molecule has 0 saturated carbocycles. The summed E-state index contributed by atoms with van der Waals surface area (Å²) in [4.78, 5) is 34.4. The molecule has 1 unspecified atom stereocenters. The summed E-state index contributed by atoms with van der Waals surface area (Å²) in [6.45, 7) is 0. The lowest BCUT2D eigenvalue weighted by Crippen LogP contribution is -2.37. The van der Waals surface area contributed by atoms with Gasteiger partial charge in [-0.25, -0.2) is 0 Å². The summed E-state index contributed by atoms with van der Waals surface area (Å²) >= 11 is 1.62. The number of hydrogen-bond acceptors (Lipinski definition) is 5. The monoisotopic (exact) mass is 294 g/mol. The molecule has 0 spiro atoms. The van der Waals surface area contributed by atoms with Gasteiger partial charge in [0.2, 0.25) is 17.7 Å². The Bertz CT molecular complexity index is 538. The van der Waals surface area contributed by atoms with Crippen LogP contribution in [-0.4, -0.2) is 35.4 Å². The number of hydrogen-bond donors (Lipinski definition) is 4. The Morgan fingerprint density at radius 3 is 2.20 bits per heavy atom. The van der Waals surface area contributed by atoms with Crippen molar-refractivity contribution in [2.75, 3.05) is 16.9 Å². The molecule has 0 bridgehead atoms. The minimum absolute atomic E-state index is 0.116. The number of primary amides is 2. The predicted octanol–water partition coefficient (Wildman–Crippen LogP) is -0.515. The molecule has 1 aliphatic rings. The molecule has 1 aliphatic heterocycles. The van der Waals surface area contributed by atoms with E-state index >= 15 is 0 Å². The molecular formula is C12H14N4O3S. The SMILES string of the molecule is NC(=O)c1cc(NC(=O)C2CSCN2)cc(C(N)=O)c1. The second-order valence-electron chi connectivity index (χ2n) is 4.29. The van der Waals surface area contributed by atoms with E-state index in [1.807, 2.05) is 0 Å². The largest absolute Gasteiger partial charge is 0.366 e. The van der Waals surface area contributed by atoms with Crippen LogP contribution in [0, 0.1) is 0 Å². The lowest BCUT2D eigenvalue weighted by Gasteiger charge is -2.12. The molecule has 1 aromatic rings. The van der Waals surface area contributed by atoms with Crippen molar-refractivity contribution < 1.29 is 14.4 Å². The summed E-state index contributed by atoms with van der Waals surface area (Å²) in [5.74, 6) is -0.237. The second-order valence-corrected chi connectivity index (χ2v) is 5.32. The summed E-state index contributed by atoms with van der Waals surface area (Å²) in [6.07, 6.45) is 0. The number of rotatable bonds is 4. The number of benzene rings is 1. The molecule has 1 saturated heterocycles. The van der Waals surface area contributed by atoms with Gasteiger partial charge in [-0.2, -0.15) is 0 Å². The molecular weight excluding hydrogens is 280 g/mol. The highest BCUT2D eigenvalue weighted by molar-refractivity contribution is 7.99. The van der Waals surface area contributed by atoms with Crippen LogP contribution >= 0.6 is 11.8 Å². The van der Waals surface area contributed by atoms with Gasteiger partial charge in [-0.05, 0) is 18.2 Å². The summed E-state index contributed by atoms with van der Waals surface area (Å²) in [5.41, 5.74) is 10.9. The van der Waals surface area contributed by atoms with E-state index in [-0.39, 0.29) is 23.1 Å². The maximum absolute atomic E-state index is 12.0. The highest BCUT2D eigenvalue weighted by Gasteiger charge is 2.23. The first-order valence-corrected chi connectivity index (χ1v) is 6.99. The van der Waals surface area contributed by atoms with Crippen molar-refractivity contribution in [3.63, 3.8) is 0 Å². The Hall–Kier alpha value is -2.06. The summed E-state index contributed by atoms with van der Waals surface area (Å²) in [6, 6.07) is 3.82. The van der Waals surface area contributed by atoms with Crippen molar-refractivity contribution >= 4 is 35.2 Å². The normalized spacial score (nSPS) is 17.7. The summed E-state index contributed by atoms with van der Waals surface area (Å²) in [7, 11) is 0. The van der Waals surface area contributed by atoms with E-state index < -0.39 is 11.8 Å². The number of nitrogens with two attached hydrogens (primary N) is 2. The van der Waals surface area contributed by atoms with Gasteiger partial charge in [0.25, 0.3) is 0 Å². The van der Waals surface area contributed by atoms with Crippen molar-refractivity contribution in [1.29, 1.82) is 0 Å². The smallest absolute Gasteiger partial charge is 0.248 e. The molecule has 1 atom stereocenters. The number of nitrogens with one attached hydrogen (secondary N) is 2. The zero-order valence-corrected chi connectivity index (χ0v) is 11.3. The zero-order valence-electron chi connectivity index (χ0n) is 10.5. The Morgan fingerprint density at radius 2 is 1.75 bits per heavy atom. The lowest BCUT2D eigenvalue weighted by molar-refractivity contribution is -0.117. The van der Waals surface area contributed by atoms with E-state index in [1.165, 1.54) is 18.2 Å². The van der Waals surface area contributed by atoms with Crippen molar-refractivity contribution in [3.8, 4) is 0 Å². The van der Waals surface area contributed by atoms with E-state index in [4.69, 9.17) is 11.5 Å². The molecule has 20 heavy (non-hydrogen) atoms. The van der Waals surface area contributed by atoms with Crippen LogP contribution in [0.3, 0.4) is 0 Å². The van der Waals surface area contributed by atoms with Crippen LogP contribution < -0.4 is 22.1 Å². The number of carbonyl (C=O) groups is 3. The quantitative estimate of drug-likeness (QED) is 0.594. The molecule has 1 heterocycles. The molecule has 8 heteroatoms. The Kier molecular flexibility index (Phi) is 4.26. The second kappa shape index (κ2) is 5.93. The predicted molar refractivity (Wildman–Crippen MR) is 76.4 cm³/mol. The maximum Gasteiger partial charge on any atom is 0.248 e. The van der Waals surface area contributed by atoms with E-state index in [2.05, 4.69) is 10.6 Å². The third kappa shape index (κ3) is 3.28. The number of thioether (sulfide) groups is 1. The van der Waals surface area contributed by atoms with Gasteiger partial charge < -0.3 is 16.8 Å². The highest BCUT2D eigenvalue weighted by Crippen LogP contribution is 2.17. The molecule has 1 aromatic carbocycles. The van der Waals surface area contributed by atoms with Crippen LogP contribution in [0.25, 0.3) is 0 Å². The van der Waals surface area contributed by atoms with Crippen molar-refractivity contribution in [1.82, 2.24) is 5.32 Å². The standard InChI is InChI=1S/C12H14N4O3S/c13-10(17)6-1-7(11(14)18)3-8(2-6)16-12(19)9-4-20-5-15-9/h1-3,9,15H,4-5H2,(H2,13,17)(H2,14,18)(H,16,19). The van der Waals surface area contributed by atoms with Gasteiger partial charge in [0.1, 0.15) is 0 Å². The van der Waals surface area contributed by atoms with E-state index in [0.29, 0.717) is 17.3 Å². The first-order chi connectivity index (χ1) is 9.47. The average Bonchev–Trinajstić information content (AvgIpc) is 2.92. The van der Waals surface area contributed by atoms with Gasteiger partial charge in [-0.1, -0.05) is 0 Å². The fraction of sp³-hybridized carbons (Fsp3) is 0.250. The summed E-state index contributed by atoms with van der Waals surface area (Å²) < 4.78 is 0. The van der Waals surface area contributed by atoms with Crippen LogP contribution in [0.5, 0.6) is 0 Å². The molecule has 1 fully saturated rings. The van der Waals surface area contributed by atoms with Crippen molar-refractivity contribution in [2.45, 2.75) is 6.04 Å². The Balaban J connectivity index is 2.23. The lowest BCUT2D eigenvalue weighted by atomic mass is 10.1. The van der Waals surface area contributed by atoms with E-state index in [0.717, 1.165) is 0 Å². The Morgan fingerprint density at radius 1 is 1.15 bits per heavy atom. The van der Waals surface area contributed by atoms with Crippen LogP contribution in [-0.2, 0) is 4.79 Å². The highest BCUT2D eigenvalue weighted by atomic mass is 32.2. The van der Waals surface area contributed by atoms with Gasteiger partial charge in [-0.3, -0.25) is 19.7 Å². The zero-order chi connectivity index (χ0) is 14.7. The third-order valence-corrected chi connectivity index (χ3v) is 3.74. The molecule has 6 N–H and O–H groups in total. The molecule has 2 rings (SSSR count). The fourth-order valence-electron chi connectivity index (χ4n) is 1.78. The molecule has 7 nitrogen and oxygen atoms in total. The number of carbonyl (C=O) groups excluding carboxylic acids is 3. The first-order valence-electron chi connectivity index (χ1n) is 5.84. The maximum atomic E-state index is 12.0. The van der Waals surface area contributed by atoms with E-state index in [9.17, 15) is 14.4 Å². The molecule has 106 valence electrons. The Labute approximate surface area is 119 Å². The molecule has 0 aromatic heterocycles. The van der Waals surface area contributed by atoms with Crippen LogP contribution in [0.4, 0.5) is 5.69 Å². The van der Waals surface area contributed by atoms with Crippen molar-refractivity contribution in [2.24, 2.45) is 11.5 Å². The topological polar surface area (TPSA) is 127 Å². The van der Waals surface area contributed by atoms with E-state index in [1.54, 1.807) is 11.8 Å². The van der Waals surface area contributed by atoms with Gasteiger partial charge in [0.15, 0.2) is 0 Å². The molecule has 0 radical (unpaired) electrons. The average molecular weight is 294 g/mol. The minimum Gasteiger partial charge on any atom is -0.366 e. The van der Waals surface area contributed by atoms with Gasteiger partial charge >= 0.3 is 0 Å². The number of amides is 3. The van der Waals surface area contributed by atoms with Crippen LogP contribution in [0.2, 0.25) is 0 Å². The van der Waals surface area contributed by atoms with Gasteiger partial charge in [-0.15, -0.1) is 11.8 Å². The van der Waals surface area contributed by atoms with Gasteiger partial charge in [0.05, 0.1) is 6.04 Å². The van der Waals surface area contributed by atoms with Crippen LogP contribution in [0.15, 0.2) is 18.2 Å². The van der Waals surface area contributed by atoms with Crippen molar-refractivity contribution in [3.05, 3.63) is 29.3 Å². The first kappa shape index (κ1) is 14.4. The van der Waals surface area contributed by atoms with Crippen LogP contribution in [0.1, 0.15) is 20.7 Å². The fourth-order valence-corrected chi connectivity index (χ4v) is 2.72. The third-order valence-electron chi connectivity index (χ3n) is 2.80. The summed E-state index contributed by atoms with van der Waals surface area (Å²) in [5, 5.41) is 5.66.